The minimum absolute atomic E-state index is 0.00713. The fourth-order valence-corrected chi connectivity index (χ4v) is 12.4. The van der Waals surface area contributed by atoms with Crippen molar-refractivity contribution >= 4 is 52.9 Å². The molecule has 3 heterocycles. The van der Waals surface area contributed by atoms with E-state index in [2.05, 4.69) is 72.9 Å². The first-order valence-electron chi connectivity index (χ1n) is 37.0. The maximum absolute atomic E-state index is 12.9. The number of hydrogen-bond acceptors (Lipinski definition) is 22. The summed E-state index contributed by atoms with van der Waals surface area (Å²) >= 11 is 0. The third kappa shape index (κ3) is 37.0. The van der Waals surface area contributed by atoms with Crippen molar-refractivity contribution < 1.29 is 100.0 Å². The first kappa shape index (κ1) is 87.8. The molecule has 3 aliphatic heterocycles. The lowest BCUT2D eigenvalue weighted by molar-refractivity contribution is -0.255. The van der Waals surface area contributed by atoms with Crippen LogP contribution < -0.4 is 16.4 Å². The highest BCUT2D eigenvalue weighted by Gasteiger charge is 2.43. The topological polar surface area (TPSA) is 314 Å². The monoisotopic (exact) mass is 1400 g/mol. The van der Waals surface area contributed by atoms with Gasteiger partial charge in [0.05, 0.1) is 63.5 Å². The number of amides is 2. The second-order valence-corrected chi connectivity index (χ2v) is 28.4. The number of unbranched alkanes of at least 4 members (excludes halogenated alkanes) is 7. The van der Waals surface area contributed by atoms with E-state index in [1.807, 2.05) is 0 Å². The molecule has 0 spiro atoms. The van der Waals surface area contributed by atoms with Crippen LogP contribution in [0.25, 0.3) is 0 Å². The number of Topliss-reactive ketones (excluding diaryl/α,β-unsaturated/α-hetero) is 4. The third-order valence-electron chi connectivity index (χ3n) is 20.2. The van der Waals surface area contributed by atoms with Crippen molar-refractivity contribution in [2.75, 3.05) is 92.4 Å². The average molecular weight is 1400 g/mol. The van der Waals surface area contributed by atoms with Crippen molar-refractivity contribution in [3.8, 4) is 0 Å². The Morgan fingerprint density at radius 3 is 0.918 bits per heavy atom. The maximum atomic E-state index is 12.9. The number of carbonyl (C=O) groups is 9. The highest BCUT2D eigenvalue weighted by atomic mass is 16.7. The van der Waals surface area contributed by atoms with Gasteiger partial charge in [0.15, 0.2) is 18.9 Å². The largest absolute Gasteiger partial charge is 0.463 e. The van der Waals surface area contributed by atoms with Crippen LogP contribution in [0.2, 0.25) is 0 Å². The Labute approximate surface area is 586 Å². The van der Waals surface area contributed by atoms with E-state index in [1.165, 1.54) is 20.8 Å². The highest BCUT2D eigenvalue weighted by Crippen LogP contribution is 2.38. The van der Waals surface area contributed by atoms with Crippen molar-refractivity contribution in [3.05, 3.63) is 0 Å². The zero-order valence-corrected chi connectivity index (χ0v) is 62.0. The van der Waals surface area contributed by atoms with Crippen LogP contribution in [0.15, 0.2) is 0 Å². The van der Waals surface area contributed by atoms with Gasteiger partial charge in [0.25, 0.3) is 0 Å². The number of ether oxygens (including phenoxy) is 12. The van der Waals surface area contributed by atoms with Crippen molar-refractivity contribution in [3.63, 3.8) is 0 Å². The SMILES string of the molecule is CC(=O)OCC1O[C@@H](OCCCCC(=O)CCCCCC(=O)CCOCC(N)(COCCC(=O)CCCCCC(=O)CCCCO[C@@H]2OC(COC(C)=O)[C@H](C)[C@H](C)C2C)COCCC(=O)NCCCNC(=O)CCCCO[C@@H]2OC(COC(C)=O)[C@H](C)[C@H](C)C2C)C(C)[C@@H](C)[C@H]1C. The molecule has 3 rings (SSSR count). The van der Waals surface area contributed by atoms with Gasteiger partial charge in [-0.05, 0) is 106 Å². The molecule has 24 heteroatoms. The van der Waals surface area contributed by atoms with Crippen LogP contribution in [0, 0.1) is 53.3 Å². The van der Waals surface area contributed by atoms with Crippen molar-refractivity contribution in [2.24, 2.45) is 59.0 Å². The maximum Gasteiger partial charge on any atom is 0.302 e. The number of carbonyl (C=O) groups excluding carboxylic acids is 9. The molecule has 0 aromatic rings. The number of hydrogen-bond donors (Lipinski definition) is 3. The van der Waals surface area contributed by atoms with Crippen LogP contribution in [-0.4, -0.2) is 188 Å². The standard InChI is InChI=1S/C74H129N3O21/c1-50-53(4)66(44-93-59(10)78)96-71(56(50)7)90-38-22-19-30-62(81)26-15-13-17-28-64(83)33-41-87-47-74(75,48-88-42-34-65(84)29-18-14-16-27-63(82)31-20-23-39-91-72-57(8)51(2)54(5)67(97-72)45-94-60(11)79)49-89-43-35-70(86)77-37-25-36-76-69(85)32-21-24-40-92-73-58(9)52(3)55(6)68(98-73)46-95-61(12)80/h50-58,66-68,71-73H,13-49,75H2,1-12H3,(H,76,85)(H,77,86)/t50-,51-,52-,53+,54+,55+,56?,57?,58?,66?,67?,68?,71+,72+,73+,74?/m0/s1. The number of nitrogens with two attached hydrogens (primary N) is 1. The summed E-state index contributed by atoms with van der Waals surface area (Å²) in [6, 6.07) is 0. The molecular weight excluding hydrogens is 1270 g/mol. The Bertz CT molecular complexity index is 2080. The molecule has 6 unspecified atom stereocenters. The summed E-state index contributed by atoms with van der Waals surface area (Å²) in [5, 5.41) is 5.76. The van der Waals surface area contributed by atoms with E-state index in [0.717, 1.165) is 25.7 Å². The van der Waals surface area contributed by atoms with Gasteiger partial charge >= 0.3 is 17.9 Å². The lowest BCUT2D eigenvalue weighted by Crippen LogP contribution is -2.53. The predicted octanol–water partition coefficient (Wildman–Crippen LogP) is 9.85. The van der Waals surface area contributed by atoms with Crippen molar-refractivity contribution in [1.82, 2.24) is 10.6 Å². The molecule has 3 aliphatic rings. The molecule has 0 aromatic heterocycles. The second kappa shape index (κ2) is 50.1. The van der Waals surface area contributed by atoms with E-state index in [1.54, 1.807) is 0 Å². The van der Waals surface area contributed by atoms with E-state index in [-0.39, 0.29) is 185 Å². The van der Waals surface area contributed by atoms with Crippen LogP contribution in [-0.2, 0) is 100.0 Å². The number of rotatable bonds is 55. The van der Waals surface area contributed by atoms with Gasteiger partial charge in [0.2, 0.25) is 11.8 Å². The fourth-order valence-electron chi connectivity index (χ4n) is 12.4. The smallest absolute Gasteiger partial charge is 0.302 e. The molecule has 0 aliphatic carbocycles. The molecule has 24 nitrogen and oxygen atoms in total. The molecule has 98 heavy (non-hydrogen) atoms. The van der Waals surface area contributed by atoms with Crippen LogP contribution >= 0.6 is 0 Å². The van der Waals surface area contributed by atoms with Gasteiger partial charge < -0.3 is 73.2 Å². The second-order valence-electron chi connectivity index (χ2n) is 28.4. The lowest BCUT2D eigenvalue weighted by Gasteiger charge is -2.43. The summed E-state index contributed by atoms with van der Waals surface area (Å²) in [7, 11) is 0. The van der Waals surface area contributed by atoms with Gasteiger partial charge in [-0.25, -0.2) is 0 Å². The molecule has 15 atom stereocenters. The first-order valence-corrected chi connectivity index (χ1v) is 37.0. The predicted molar refractivity (Wildman–Crippen MR) is 368 cm³/mol. The summed E-state index contributed by atoms with van der Waals surface area (Å²) in [6.07, 6.45) is 10.4. The Balaban J connectivity index is 1.32. The zero-order chi connectivity index (χ0) is 72.4. The van der Waals surface area contributed by atoms with Gasteiger partial charge in [-0.3, -0.25) is 43.2 Å². The van der Waals surface area contributed by atoms with E-state index in [0.29, 0.717) is 153 Å². The summed E-state index contributed by atoms with van der Waals surface area (Å²) in [4.78, 5) is 110. The van der Waals surface area contributed by atoms with Crippen LogP contribution in [0.4, 0.5) is 0 Å². The zero-order valence-electron chi connectivity index (χ0n) is 62.0. The quantitative estimate of drug-likeness (QED) is 0.0290. The molecule has 2 amide bonds. The molecule has 3 saturated heterocycles. The van der Waals surface area contributed by atoms with Gasteiger partial charge in [0.1, 0.15) is 43.0 Å². The number of ketones is 4. The highest BCUT2D eigenvalue weighted by molar-refractivity contribution is 5.80. The summed E-state index contributed by atoms with van der Waals surface area (Å²) < 4.78 is 70.1. The van der Waals surface area contributed by atoms with Crippen LogP contribution in [0.3, 0.4) is 0 Å². The van der Waals surface area contributed by atoms with E-state index in [9.17, 15) is 43.2 Å². The van der Waals surface area contributed by atoms with Gasteiger partial charge in [-0.1, -0.05) is 75.2 Å². The summed E-state index contributed by atoms with van der Waals surface area (Å²) in [5.74, 6) is 1.24. The van der Waals surface area contributed by atoms with Crippen molar-refractivity contribution in [2.45, 2.75) is 273 Å². The minimum Gasteiger partial charge on any atom is -0.463 e. The van der Waals surface area contributed by atoms with Crippen molar-refractivity contribution in [1.29, 1.82) is 0 Å². The summed E-state index contributed by atoms with van der Waals surface area (Å²) in [6.45, 7) is 26.2. The molecular formula is C74H129N3O21. The Kier molecular flexibility index (Phi) is 44.9. The Morgan fingerprint density at radius 1 is 0.327 bits per heavy atom. The Hall–Kier alpha value is -4.37. The molecule has 0 saturated carbocycles. The van der Waals surface area contributed by atoms with Gasteiger partial charge in [-0.2, -0.15) is 0 Å². The van der Waals surface area contributed by atoms with E-state index >= 15 is 0 Å². The van der Waals surface area contributed by atoms with E-state index < -0.39 is 24.4 Å². The summed E-state index contributed by atoms with van der Waals surface area (Å²) in [5.41, 5.74) is 5.64. The first-order chi connectivity index (χ1) is 46.7. The lowest BCUT2D eigenvalue weighted by atomic mass is 9.79. The molecule has 0 bridgehead atoms. The molecule has 0 radical (unpaired) electrons. The van der Waals surface area contributed by atoms with Crippen LogP contribution in [0.1, 0.15) is 231 Å². The normalized spacial score (nSPS) is 26.2. The Morgan fingerprint density at radius 2 is 0.602 bits per heavy atom. The third-order valence-corrected chi connectivity index (χ3v) is 20.2. The fraction of sp³-hybridized carbons (Fsp3) is 0.878. The molecule has 4 N–H and O–H groups in total. The van der Waals surface area contributed by atoms with Gasteiger partial charge in [0, 0.05) is 136 Å². The molecule has 3 fully saturated rings. The number of esters is 3. The number of nitrogens with one attached hydrogen (secondary N) is 2. The average Bonchev–Trinajstić information content (AvgIpc) is 0.834. The minimum atomic E-state index is -1.16. The van der Waals surface area contributed by atoms with E-state index in [4.69, 9.17) is 62.6 Å². The molecule has 0 aromatic carbocycles. The van der Waals surface area contributed by atoms with Crippen LogP contribution in [0.5, 0.6) is 0 Å². The van der Waals surface area contributed by atoms with Gasteiger partial charge in [-0.15, -0.1) is 0 Å². The molecule has 566 valence electrons.